The number of nitrogens with zero attached hydrogens (tertiary/aromatic N) is 1. The molecule has 0 saturated heterocycles. The quantitative estimate of drug-likeness (QED) is 0.682. The minimum Gasteiger partial charge on any atom is -0.371 e. The van der Waals surface area contributed by atoms with Crippen molar-refractivity contribution >= 4 is 5.69 Å². The number of halogens is 1. The molecule has 0 aliphatic carbocycles. The highest BCUT2D eigenvalue weighted by molar-refractivity contribution is 5.54. The molecule has 0 heterocycles. The number of benzene rings is 1. The van der Waals surface area contributed by atoms with Gasteiger partial charge in [-0.25, -0.2) is 4.39 Å². The summed E-state index contributed by atoms with van der Waals surface area (Å²) in [5, 5.41) is 3.31. The van der Waals surface area contributed by atoms with E-state index in [2.05, 4.69) is 37.9 Å². The molecule has 0 fully saturated rings. The van der Waals surface area contributed by atoms with Crippen molar-refractivity contribution in [2.24, 2.45) is 5.92 Å². The molecule has 0 amide bonds. The Morgan fingerprint density at radius 2 is 2.00 bits per heavy atom. The first-order chi connectivity index (χ1) is 9.63. The third kappa shape index (κ3) is 4.78. The van der Waals surface area contributed by atoms with Crippen LogP contribution in [-0.4, -0.2) is 19.6 Å². The van der Waals surface area contributed by atoms with E-state index in [4.69, 9.17) is 0 Å². The average molecular weight is 280 g/mol. The van der Waals surface area contributed by atoms with E-state index in [1.807, 2.05) is 12.1 Å². The monoisotopic (exact) mass is 280 g/mol. The number of hydrogen-bond acceptors (Lipinski definition) is 2. The van der Waals surface area contributed by atoms with Crippen LogP contribution in [0.4, 0.5) is 10.1 Å². The average Bonchev–Trinajstić information content (AvgIpc) is 2.46. The van der Waals surface area contributed by atoms with Crippen molar-refractivity contribution in [1.82, 2.24) is 5.32 Å². The second kappa shape index (κ2) is 8.96. The van der Waals surface area contributed by atoms with E-state index in [1.165, 1.54) is 0 Å². The summed E-state index contributed by atoms with van der Waals surface area (Å²) in [6.07, 6.45) is 2.21. The van der Waals surface area contributed by atoms with Crippen molar-refractivity contribution in [2.75, 3.05) is 24.5 Å². The number of nitrogens with one attached hydrogen (secondary N) is 1. The molecule has 20 heavy (non-hydrogen) atoms. The predicted octanol–water partition coefficient (Wildman–Crippen LogP) is 4.20. The summed E-state index contributed by atoms with van der Waals surface area (Å²) in [4.78, 5) is 2.29. The summed E-state index contributed by atoms with van der Waals surface area (Å²) in [5.74, 6) is 0.517. The van der Waals surface area contributed by atoms with E-state index in [-0.39, 0.29) is 5.82 Å². The molecule has 1 N–H and O–H groups in total. The molecule has 1 atom stereocenters. The van der Waals surface area contributed by atoms with E-state index >= 15 is 0 Å². The Hall–Kier alpha value is -1.09. The molecule has 0 spiro atoms. The molecule has 0 saturated carbocycles. The summed E-state index contributed by atoms with van der Waals surface area (Å²) in [5.41, 5.74) is 1.84. The molecule has 3 heteroatoms. The highest BCUT2D eigenvalue weighted by atomic mass is 19.1. The molecule has 0 aliphatic heterocycles. The van der Waals surface area contributed by atoms with Gasteiger partial charge in [0.05, 0.1) is 0 Å². The molecule has 0 radical (unpaired) electrons. The lowest BCUT2D eigenvalue weighted by Crippen LogP contribution is -2.30. The molecule has 114 valence electrons. The second-order valence-electron chi connectivity index (χ2n) is 5.47. The summed E-state index contributed by atoms with van der Waals surface area (Å²) in [6.45, 7) is 12.1. The standard InChI is InChI=1S/C17H29FN2/c1-5-11-19-12-15-16(18)9-8-10-17(15)20(7-3)13-14(4)6-2/h8-10,14,19H,5-7,11-13H2,1-4H3. The van der Waals surface area contributed by atoms with Gasteiger partial charge < -0.3 is 10.2 Å². The van der Waals surface area contributed by atoms with Gasteiger partial charge in [-0.3, -0.25) is 0 Å². The zero-order chi connectivity index (χ0) is 15.0. The van der Waals surface area contributed by atoms with Crippen LogP contribution < -0.4 is 10.2 Å². The fraction of sp³-hybridized carbons (Fsp3) is 0.647. The maximum absolute atomic E-state index is 14.1. The lowest BCUT2D eigenvalue weighted by molar-refractivity contribution is 0.541. The summed E-state index contributed by atoms with van der Waals surface area (Å²) >= 11 is 0. The lowest BCUT2D eigenvalue weighted by Gasteiger charge is -2.28. The Morgan fingerprint density at radius 1 is 1.25 bits per heavy atom. The first kappa shape index (κ1) is 17.0. The van der Waals surface area contributed by atoms with Crippen LogP contribution in [0, 0.1) is 11.7 Å². The largest absolute Gasteiger partial charge is 0.371 e. The molecule has 2 nitrogen and oxygen atoms in total. The van der Waals surface area contributed by atoms with Crippen LogP contribution in [0.3, 0.4) is 0 Å². The van der Waals surface area contributed by atoms with E-state index < -0.39 is 0 Å². The van der Waals surface area contributed by atoms with Crippen molar-refractivity contribution < 1.29 is 4.39 Å². The molecule has 0 aromatic heterocycles. The first-order valence-corrected chi connectivity index (χ1v) is 7.86. The van der Waals surface area contributed by atoms with Gasteiger partial charge in [0.25, 0.3) is 0 Å². The van der Waals surface area contributed by atoms with Gasteiger partial charge in [0.2, 0.25) is 0 Å². The topological polar surface area (TPSA) is 15.3 Å². The lowest BCUT2D eigenvalue weighted by atomic mass is 10.1. The van der Waals surface area contributed by atoms with Gasteiger partial charge in [-0.15, -0.1) is 0 Å². The third-order valence-electron chi connectivity index (χ3n) is 3.77. The van der Waals surface area contributed by atoms with Crippen molar-refractivity contribution in [3.63, 3.8) is 0 Å². The summed E-state index contributed by atoms with van der Waals surface area (Å²) < 4.78 is 14.1. The van der Waals surface area contributed by atoms with Crippen molar-refractivity contribution in [2.45, 2.75) is 47.1 Å². The smallest absolute Gasteiger partial charge is 0.129 e. The van der Waals surface area contributed by atoms with Crippen molar-refractivity contribution in [3.05, 3.63) is 29.6 Å². The van der Waals surface area contributed by atoms with Gasteiger partial charge in [-0.2, -0.15) is 0 Å². The Morgan fingerprint density at radius 3 is 2.60 bits per heavy atom. The van der Waals surface area contributed by atoms with E-state index in [9.17, 15) is 4.39 Å². The zero-order valence-corrected chi connectivity index (χ0v) is 13.4. The van der Waals surface area contributed by atoms with Crippen LogP contribution in [-0.2, 0) is 6.54 Å². The minimum atomic E-state index is -0.103. The van der Waals surface area contributed by atoms with Gasteiger partial charge >= 0.3 is 0 Å². The fourth-order valence-electron chi connectivity index (χ4n) is 2.31. The van der Waals surface area contributed by atoms with Crippen LogP contribution in [0.1, 0.15) is 46.1 Å². The van der Waals surface area contributed by atoms with Crippen LogP contribution >= 0.6 is 0 Å². The normalized spacial score (nSPS) is 12.4. The van der Waals surface area contributed by atoms with E-state index in [0.29, 0.717) is 12.5 Å². The zero-order valence-electron chi connectivity index (χ0n) is 13.4. The summed E-state index contributed by atoms with van der Waals surface area (Å²) in [7, 11) is 0. The highest BCUT2D eigenvalue weighted by Crippen LogP contribution is 2.24. The number of anilines is 1. The van der Waals surface area contributed by atoms with Crippen molar-refractivity contribution in [3.8, 4) is 0 Å². The second-order valence-corrected chi connectivity index (χ2v) is 5.47. The van der Waals surface area contributed by atoms with E-state index in [1.54, 1.807) is 6.07 Å². The van der Waals surface area contributed by atoms with Gasteiger partial charge in [-0.05, 0) is 37.9 Å². The van der Waals surface area contributed by atoms with Crippen LogP contribution in [0.2, 0.25) is 0 Å². The number of hydrogen-bond donors (Lipinski definition) is 1. The predicted molar refractivity (Wildman–Crippen MR) is 85.7 cm³/mol. The Balaban J connectivity index is 2.92. The molecule has 1 aromatic carbocycles. The fourth-order valence-corrected chi connectivity index (χ4v) is 2.31. The van der Waals surface area contributed by atoms with Gasteiger partial charge in [0.15, 0.2) is 0 Å². The van der Waals surface area contributed by atoms with Gasteiger partial charge in [0.1, 0.15) is 5.82 Å². The number of rotatable bonds is 9. The molecular formula is C17H29FN2. The van der Waals surface area contributed by atoms with Gasteiger partial charge in [0, 0.05) is 30.9 Å². The van der Waals surface area contributed by atoms with Crippen molar-refractivity contribution in [1.29, 1.82) is 0 Å². The van der Waals surface area contributed by atoms with Gasteiger partial charge in [-0.1, -0.05) is 33.3 Å². The van der Waals surface area contributed by atoms with Crippen LogP contribution in [0.5, 0.6) is 0 Å². The maximum atomic E-state index is 14.1. The Bertz CT molecular complexity index is 393. The third-order valence-corrected chi connectivity index (χ3v) is 3.77. The first-order valence-electron chi connectivity index (χ1n) is 7.86. The molecule has 0 aliphatic rings. The maximum Gasteiger partial charge on any atom is 0.129 e. The molecule has 0 bridgehead atoms. The molecule has 1 aromatic rings. The SMILES string of the molecule is CCCNCc1c(F)cccc1N(CC)CC(C)CC. The summed E-state index contributed by atoms with van der Waals surface area (Å²) in [6, 6.07) is 5.41. The van der Waals surface area contributed by atoms with E-state index in [0.717, 1.165) is 43.7 Å². The molecule has 1 rings (SSSR count). The Labute approximate surface area is 123 Å². The highest BCUT2D eigenvalue weighted by Gasteiger charge is 2.15. The molecule has 1 unspecified atom stereocenters. The minimum absolute atomic E-state index is 0.103. The Kier molecular flexibility index (Phi) is 7.60. The van der Waals surface area contributed by atoms with Crippen LogP contribution in [0.15, 0.2) is 18.2 Å². The van der Waals surface area contributed by atoms with Crippen LogP contribution in [0.25, 0.3) is 0 Å². The molecular weight excluding hydrogens is 251 g/mol.